The molecule has 2 aromatic rings. The van der Waals surface area contributed by atoms with Gasteiger partial charge in [0.25, 0.3) is 0 Å². The molecule has 4 rings (SSSR count). The topological polar surface area (TPSA) is 164 Å². The summed E-state index contributed by atoms with van der Waals surface area (Å²) in [6, 6.07) is 0. The molecule has 2 aliphatic heterocycles. The smallest absolute Gasteiger partial charge is 0.321 e. The Hall–Kier alpha value is -1.24. The Bertz CT molecular complexity index is 909. The zero-order chi connectivity index (χ0) is 20.6. The summed E-state index contributed by atoms with van der Waals surface area (Å²) < 4.78 is 18.6. The number of rotatable bonds is 7. The first-order valence-corrected chi connectivity index (χ1v) is 12.1. The molecule has 13 heteroatoms. The van der Waals surface area contributed by atoms with Gasteiger partial charge in [-0.1, -0.05) is 0 Å². The van der Waals surface area contributed by atoms with Crippen molar-refractivity contribution in [3.8, 4) is 0 Å². The van der Waals surface area contributed by atoms with Crippen molar-refractivity contribution in [2.24, 2.45) is 11.7 Å². The molecule has 2 saturated heterocycles. The Morgan fingerprint density at radius 2 is 2.03 bits per heavy atom. The van der Waals surface area contributed by atoms with E-state index in [4.69, 9.17) is 25.5 Å². The summed E-state index contributed by atoms with van der Waals surface area (Å²) in [5.41, 5.74) is 13.2. The maximum absolute atomic E-state index is 9.18. The van der Waals surface area contributed by atoms with Crippen LogP contribution in [0.1, 0.15) is 38.3 Å². The number of hydrogen-bond donors (Lipinski definition) is 4. The number of hydrogen-bond acceptors (Lipinski definition) is 9. The maximum atomic E-state index is 9.18. The van der Waals surface area contributed by atoms with Gasteiger partial charge >= 0.3 is 6.72 Å². The van der Waals surface area contributed by atoms with Gasteiger partial charge in [-0.05, 0) is 43.9 Å². The summed E-state index contributed by atoms with van der Waals surface area (Å²) in [5.74, 6) is 0.512. The number of nitrogens with zero attached hydrogens (tertiary/aromatic N) is 4. The molecule has 0 bridgehead atoms. The van der Waals surface area contributed by atoms with Crippen molar-refractivity contribution in [2.75, 3.05) is 12.3 Å². The van der Waals surface area contributed by atoms with Gasteiger partial charge in [-0.15, -0.1) is 0 Å². The van der Waals surface area contributed by atoms with Gasteiger partial charge in [0.1, 0.15) is 24.3 Å². The molecule has 2 aliphatic rings. The predicted octanol–water partition coefficient (Wildman–Crippen LogP) is 0.782. The lowest BCUT2D eigenvalue weighted by atomic mass is 9.95. The van der Waals surface area contributed by atoms with Gasteiger partial charge in [-0.3, -0.25) is 4.57 Å². The largest absolute Gasteiger partial charge is 0.382 e. The maximum Gasteiger partial charge on any atom is 0.321 e. The van der Waals surface area contributed by atoms with Crippen molar-refractivity contribution in [1.29, 1.82) is 0 Å². The Morgan fingerprint density at radius 3 is 2.83 bits per heavy atom. The molecule has 160 valence electrons. The van der Waals surface area contributed by atoms with Crippen molar-refractivity contribution in [2.45, 2.75) is 56.8 Å². The molecule has 2 fully saturated rings. The molecule has 6 N–H and O–H groups in total. The van der Waals surface area contributed by atoms with Crippen LogP contribution in [0.25, 0.3) is 11.2 Å². The fourth-order valence-corrected chi connectivity index (χ4v) is 4.56. The first-order chi connectivity index (χ1) is 13.8. The summed E-state index contributed by atoms with van der Waals surface area (Å²) in [6.07, 6.45) is 6.59. The van der Waals surface area contributed by atoms with Crippen LogP contribution in [0, 0.1) is 5.92 Å². The number of ether oxygens (including phenoxy) is 2. The van der Waals surface area contributed by atoms with Crippen LogP contribution in [0.15, 0.2) is 12.7 Å². The summed E-state index contributed by atoms with van der Waals surface area (Å²) in [7, 11) is 0. The molecule has 5 atom stereocenters. The molecule has 0 aliphatic carbocycles. The normalized spacial score (nSPS) is 30.4. The number of nitrogens with two attached hydrogens (primary N) is 2. The molecule has 29 heavy (non-hydrogen) atoms. The Labute approximate surface area is 172 Å². The Balaban J connectivity index is 1.28. The van der Waals surface area contributed by atoms with E-state index >= 15 is 0 Å². The first kappa shape index (κ1) is 21.0. The van der Waals surface area contributed by atoms with Crippen molar-refractivity contribution < 1.29 is 23.8 Å². The van der Waals surface area contributed by atoms with Crippen molar-refractivity contribution in [1.82, 2.24) is 19.5 Å². The average molecular weight is 444 g/mol. The Morgan fingerprint density at radius 1 is 1.21 bits per heavy atom. The summed E-state index contributed by atoms with van der Waals surface area (Å²) in [6.45, 7) is -3.64. The van der Waals surface area contributed by atoms with Gasteiger partial charge in [0, 0.05) is 5.92 Å². The first-order valence-electron chi connectivity index (χ1n) is 9.50. The summed E-state index contributed by atoms with van der Waals surface area (Å²) in [5, 5.41) is 0. The van der Waals surface area contributed by atoms with E-state index in [0.29, 0.717) is 23.4 Å². The minimum atomic E-state index is -3.67. The predicted molar refractivity (Wildman–Crippen MR) is 108 cm³/mol. The lowest BCUT2D eigenvalue weighted by molar-refractivity contribution is -0.00708. The number of anilines is 1. The molecular weight excluding hydrogens is 419 g/mol. The van der Waals surface area contributed by atoms with E-state index in [9.17, 15) is 9.79 Å². The van der Waals surface area contributed by atoms with Gasteiger partial charge < -0.3 is 35.3 Å². The molecule has 0 saturated carbocycles. The van der Waals surface area contributed by atoms with Crippen LogP contribution in [0.5, 0.6) is 0 Å². The van der Waals surface area contributed by atoms with E-state index in [1.807, 2.05) is 4.57 Å². The molecular formula is C16H25N6O5PS. The highest BCUT2D eigenvalue weighted by molar-refractivity contribution is 8.06. The van der Waals surface area contributed by atoms with Crippen molar-refractivity contribution in [3.63, 3.8) is 0 Å². The van der Waals surface area contributed by atoms with Crippen LogP contribution in [-0.2, 0) is 25.8 Å². The number of aromatic nitrogens is 4. The van der Waals surface area contributed by atoms with E-state index < -0.39 is 12.9 Å². The zero-order valence-electron chi connectivity index (χ0n) is 15.7. The Kier molecular flexibility index (Phi) is 6.14. The van der Waals surface area contributed by atoms with E-state index in [2.05, 4.69) is 26.8 Å². The SMILES string of the molecule is Nc1ncnc2c1ncn2C1CCC(CC[C@@H]2CC(COP(O)(O)=S)OC2N)O1. The van der Waals surface area contributed by atoms with Crippen LogP contribution in [0.2, 0.25) is 0 Å². The number of imidazole rings is 1. The molecule has 4 heterocycles. The van der Waals surface area contributed by atoms with Crippen LogP contribution in [0.4, 0.5) is 5.82 Å². The average Bonchev–Trinajstić information content (AvgIpc) is 3.36. The van der Waals surface area contributed by atoms with Gasteiger partial charge in [0.05, 0.1) is 25.1 Å². The monoisotopic (exact) mass is 444 g/mol. The van der Waals surface area contributed by atoms with Gasteiger partial charge in [0.2, 0.25) is 0 Å². The van der Waals surface area contributed by atoms with E-state index in [1.165, 1.54) is 6.33 Å². The van der Waals surface area contributed by atoms with E-state index in [-0.39, 0.29) is 31.0 Å². The second kappa shape index (κ2) is 8.48. The standard InChI is InChI=1S/C16H25N6O5PS/c17-14-13-16(20-7-19-14)22(8-21-13)12-4-3-10(26-12)2-1-9-5-11(27-15(9)18)6-25-28(23,24)29/h7-12,15H,1-6,18H2,(H2,17,19,20)(H2,23,24,29)/t9-,10?,11?,12?,15?/m1/s1. The third-order valence-electron chi connectivity index (χ3n) is 5.45. The van der Waals surface area contributed by atoms with Gasteiger partial charge in [-0.2, -0.15) is 0 Å². The fraction of sp³-hybridized carbons (Fsp3) is 0.688. The highest BCUT2D eigenvalue weighted by Gasteiger charge is 2.35. The lowest BCUT2D eigenvalue weighted by Crippen LogP contribution is -2.27. The zero-order valence-corrected chi connectivity index (χ0v) is 17.4. The molecule has 0 aromatic carbocycles. The third-order valence-corrected chi connectivity index (χ3v) is 6.25. The van der Waals surface area contributed by atoms with Gasteiger partial charge in [0.15, 0.2) is 11.5 Å². The highest BCUT2D eigenvalue weighted by atomic mass is 32.5. The summed E-state index contributed by atoms with van der Waals surface area (Å²) >= 11 is 4.46. The summed E-state index contributed by atoms with van der Waals surface area (Å²) in [4.78, 5) is 30.9. The van der Waals surface area contributed by atoms with Crippen LogP contribution in [0.3, 0.4) is 0 Å². The number of nitrogen functional groups attached to an aromatic ring is 1. The molecule has 0 amide bonds. The number of fused-ring (bicyclic) bond motifs is 1. The molecule has 0 radical (unpaired) electrons. The second-order valence-corrected chi connectivity index (χ2v) is 10.1. The van der Waals surface area contributed by atoms with Crippen LogP contribution in [-0.4, -0.2) is 54.3 Å². The van der Waals surface area contributed by atoms with Gasteiger partial charge in [-0.25, -0.2) is 15.0 Å². The van der Waals surface area contributed by atoms with Crippen LogP contribution < -0.4 is 11.5 Å². The lowest BCUT2D eigenvalue weighted by Gasteiger charge is -2.18. The molecule has 2 aromatic heterocycles. The van der Waals surface area contributed by atoms with Crippen molar-refractivity contribution in [3.05, 3.63) is 12.7 Å². The second-order valence-electron chi connectivity index (χ2n) is 7.46. The molecule has 0 spiro atoms. The molecule has 4 unspecified atom stereocenters. The quantitative estimate of drug-likeness (QED) is 0.446. The van der Waals surface area contributed by atoms with Crippen LogP contribution >= 0.6 is 6.72 Å². The third kappa shape index (κ3) is 4.92. The highest BCUT2D eigenvalue weighted by Crippen LogP contribution is 2.39. The van der Waals surface area contributed by atoms with Crippen molar-refractivity contribution >= 4 is 35.5 Å². The molecule has 11 nitrogen and oxygen atoms in total. The minimum absolute atomic E-state index is 0.0369. The van der Waals surface area contributed by atoms with E-state index in [1.54, 1.807) is 6.33 Å². The fourth-order valence-electron chi connectivity index (χ4n) is 4.01. The minimum Gasteiger partial charge on any atom is -0.382 e. The van der Waals surface area contributed by atoms with E-state index in [0.717, 1.165) is 25.7 Å².